The summed E-state index contributed by atoms with van der Waals surface area (Å²) in [5, 5.41) is 0. The van der Waals surface area contributed by atoms with E-state index in [0.717, 1.165) is 25.7 Å². The largest absolute Gasteiger partial charge is 0.440 e. The van der Waals surface area contributed by atoms with Crippen LogP contribution in [0, 0.1) is 0 Å². The Kier molecular flexibility index (Phi) is 3.35. The standard InChI is InChI=1S/C11H19NO4/c1-12(2)10(13)16-9-5-3-4-6-11(9)14-7-8-15-11/h9H,3-8H2,1-2H3. The van der Waals surface area contributed by atoms with Gasteiger partial charge < -0.3 is 19.1 Å². The first-order valence-corrected chi connectivity index (χ1v) is 5.80. The minimum Gasteiger partial charge on any atom is -0.440 e. The van der Waals surface area contributed by atoms with Crippen LogP contribution in [0.4, 0.5) is 4.79 Å². The fourth-order valence-corrected chi connectivity index (χ4v) is 2.26. The fraction of sp³-hybridized carbons (Fsp3) is 0.909. The molecule has 0 aromatic rings. The summed E-state index contributed by atoms with van der Waals surface area (Å²) in [6, 6.07) is 0. The molecule has 1 unspecified atom stereocenters. The highest BCUT2D eigenvalue weighted by Gasteiger charge is 2.48. The Balaban J connectivity index is 2.02. The molecule has 1 aliphatic heterocycles. The second kappa shape index (κ2) is 4.59. The minimum absolute atomic E-state index is 0.265. The third-order valence-electron chi connectivity index (χ3n) is 3.12. The van der Waals surface area contributed by atoms with Crippen LogP contribution < -0.4 is 0 Å². The molecule has 0 radical (unpaired) electrons. The molecular weight excluding hydrogens is 210 g/mol. The first-order valence-electron chi connectivity index (χ1n) is 5.80. The summed E-state index contributed by atoms with van der Waals surface area (Å²) in [6.07, 6.45) is 3.16. The summed E-state index contributed by atoms with van der Waals surface area (Å²) >= 11 is 0. The van der Waals surface area contributed by atoms with E-state index >= 15 is 0 Å². The van der Waals surface area contributed by atoms with Gasteiger partial charge in [-0.3, -0.25) is 0 Å². The molecule has 0 bridgehead atoms. The highest BCUT2D eigenvalue weighted by Crippen LogP contribution is 2.37. The molecule has 1 heterocycles. The normalized spacial score (nSPS) is 28.0. The number of carbonyl (C=O) groups excluding carboxylic acids is 1. The second-order valence-corrected chi connectivity index (χ2v) is 4.52. The predicted octanol–water partition coefficient (Wildman–Crippen LogP) is 1.37. The van der Waals surface area contributed by atoms with Crippen molar-refractivity contribution in [3.05, 3.63) is 0 Å². The predicted molar refractivity (Wildman–Crippen MR) is 57.1 cm³/mol. The molecule has 1 amide bonds. The Bertz CT molecular complexity index is 261. The van der Waals surface area contributed by atoms with Crippen molar-refractivity contribution in [1.29, 1.82) is 0 Å². The molecule has 5 nitrogen and oxygen atoms in total. The molecule has 2 rings (SSSR count). The molecule has 5 heteroatoms. The zero-order valence-corrected chi connectivity index (χ0v) is 9.90. The van der Waals surface area contributed by atoms with E-state index in [1.807, 2.05) is 0 Å². The van der Waals surface area contributed by atoms with Crippen molar-refractivity contribution in [2.24, 2.45) is 0 Å². The van der Waals surface area contributed by atoms with Gasteiger partial charge in [-0.15, -0.1) is 0 Å². The quantitative estimate of drug-likeness (QED) is 0.681. The van der Waals surface area contributed by atoms with Crippen LogP contribution in [0.15, 0.2) is 0 Å². The first kappa shape index (κ1) is 11.7. The lowest BCUT2D eigenvalue weighted by Crippen LogP contribution is -2.49. The SMILES string of the molecule is CN(C)C(=O)OC1CCCCC12OCCO2. The van der Waals surface area contributed by atoms with Crippen LogP contribution in [0.5, 0.6) is 0 Å². The van der Waals surface area contributed by atoms with Gasteiger partial charge in [-0.1, -0.05) is 0 Å². The van der Waals surface area contributed by atoms with Gasteiger partial charge in [-0.05, 0) is 19.3 Å². The summed E-state index contributed by atoms with van der Waals surface area (Å²) in [4.78, 5) is 13.0. The van der Waals surface area contributed by atoms with Gasteiger partial charge in [0.1, 0.15) is 0 Å². The van der Waals surface area contributed by atoms with Crippen LogP contribution in [0.1, 0.15) is 25.7 Å². The highest BCUT2D eigenvalue weighted by atomic mass is 16.8. The van der Waals surface area contributed by atoms with Crippen molar-refractivity contribution in [3.8, 4) is 0 Å². The molecule has 16 heavy (non-hydrogen) atoms. The van der Waals surface area contributed by atoms with Crippen LogP contribution in [0.25, 0.3) is 0 Å². The van der Waals surface area contributed by atoms with Crippen LogP contribution >= 0.6 is 0 Å². The van der Waals surface area contributed by atoms with E-state index in [0.29, 0.717) is 13.2 Å². The zero-order valence-electron chi connectivity index (χ0n) is 9.90. The molecule has 1 saturated carbocycles. The van der Waals surface area contributed by atoms with Crippen LogP contribution in [0.2, 0.25) is 0 Å². The third kappa shape index (κ3) is 2.15. The third-order valence-corrected chi connectivity index (χ3v) is 3.12. The van der Waals surface area contributed by atoms with E-state index < -0.39 is 5.79 Å². The molecular formula is C11H19NO4. The van der Waals surface area contributed by atoms with E-state index in [2.05, 4.69) is 0 Å². The average molecular weight is 229 g/mol. The zero-order chi connectivity index (χ0) is 11.6. The Morgan fingerprint density at radius 1 is 1.31 bits per heavy atom. The average Bonchev–Trinajstić information content (AvgIpc) is 2.71. The molecule has 1 saturated heterocycles. The van der Waals surface area contributed by atoms with Crippen LogP contribution in [-0.4, -0.2) is 50.2 Å². The molecule has 0 aromatic heterocycles. The number of hydrogen-bond donors (Lipinski definition) is 0. The van der Waals surface area contributed by atoms with Crippen LogP contribution in [0.3, 0.4) is 0 Å². The topological polar surface area (TPSA) is 48.0 Å². The Morgan fingerprint density at radius 3 is 2.62 bits per heavy atom. The number of nitrogens with zero attached hydrogens (tertiary/aromatic N) is 1. The first-order chi connectivity index (χ1) is 7.64. The molecule has 0 N–H and O–H groups in total. The van der Waals surface area contributed by atoms with E-state index in [1.165, 1.54) is 4.90 Å². The molecule has 2 aliphatic rings. The van der Waals surface area contributed by atoms with Crippen molar-refractivity contribution < 1.29 is 19.0 Å². The summed E-state index contributed by atoms with van der Waals surface area (Å²) in [5.74, 6) is -0.663. The lowest BCUT2D eigenvalue weighted by Gasteiger charge is -2.38. The summed E-state index contributed by atoms with van der Waals surface area (Å²) < 4.78 is 16.7. The summed E-state index contributed by atoms with van der Waals surface area (Å²) in [7, 11) is 3.35. The van der Waals surface area contributed by atoms with Gasteiger partial charge in [0.25, 0.3) is 0 Å². The van der Waals surface area contributed by atoms with E-state index in [-0.39, 0.29) is 12.2 Å². The molecule has 0 aromatic carbocycles. The fourth-order valence-electron chi connectivity index (χ4n) is 2.26. The van der Waals surface area contributed by atoms with Gasteiger partial charge in [-0.25, -0.2) is 4.79 Å². The monoisotopic (exact) mass is 229 g/mol. The van der Waals surface area contributed by atoms with E-state index in [4.69, 9.17) is 14.2 Å². The van der Waals surface area contributed by atoms with Gasteiger partial charge in [0.2, 0.25) is 5.79 Å². The van der Waals surface area contributed by atoms with Gasteiger partial charge in [0, 0.05) is 20.5 Å². The van der Waals surface area contributed by atoms with Crippen molar-refractivity contribution >= 4 is 6.09 Å². The molecule has 2 fully saturated rings. The van der Waals surface area contributed by atoms with Gasteiger partial charge in [-0.2, -0.15) is 0 Å². The summed E-state index contributed by atoms with van der Waals surface area (Å²) in [5.41, 5.74) is 0. The maximum absolute atomic E-state index is 11.5. The Labute approximate surface area is 95.6 Å². The maximum Gasteiger partial charge on any atom is 0.409 e. The van der Waals surface area contributed by atoms with Gasteiger partial charge >= 0.3 is 6.09 Å². The number of ether oxygens (including phenoxy) is 3. The van der Waals surface area contributed by atoms with E-state index in [1.54, 1.807) is 14.1 Å². The van der Waals surface area contributed by atoms with Crippen molar-refractivity contribution in [1.82, 2.24) is 4.90 Å². The molecule has 1 aliphatic carbocycles. The smallest absolute Gasteiger partial charge is 0.409 e. The number of hydrogen-bond acceptors (Lipinski definition) is 4. The molecule has 1 spiro atoms. The second-order valence-electron chi connectivity index (χ2n) is 4.52. The molecule has 1 atom stereocenters. The lowest BCUT2D eigenvalue weighted by molar-refractivity contribution is -0.236. The van der Waals surface area contributed by atoms with Crippen molar-refractivity contribution in [2.75, 3.05) is 27.3 Å². The lowest BCUT2D eigenvalue weighted by atomic mass is 9.91. The summed E-state index contributed by atoms with van der Waals surface area (Å²) in [6.45, 7) is 1.19. The van der Waals surface area contributed by atoms with Crippen molar-refractivity contribution in [2.45, 2.75) is 37.6 Å². The number of rotatable bonds is 1. The Morgan fingerprint density at radius 2 is 2.00 bits per heavy atom. The number of carbonyl (C=O) groups is 1. The van der Waals surface area contributed by atoms with Crippen LogP contribution in [-0.2, 0) is 14.2 Å². The van der Waals surface area contributed by atoms with Crippen molar-refractivity contribution in [3.63, 3.8) is 0 Å². The van der Waals surface area contributed by atoms with Gasteiger partial charge in [0.15, 0.2) is 6.10 Å². The highest BCUT2D eigenvalue weighted by molar-refractivity contribution is 5.67. The molecule has 92 valence electrons. The van der Waals surface area contributed by atoms with E-state index in [9.17, 15) is 4.79 Å². The minimum atomic E-state index is -0.663. The Hall–Kier alpha value is -0.810. The maximum atomic E-state index is 11.5. The number of amides is 1. The van der Waals surface area contributed by atoms with Gasteiger partial charge in [0.05, 0.1) is 13.2 Å².